The van der Waals surface area contributed by atoms with Crippen LogP contribution in [-0.4, -0.2) is 55.6 Å². The first-order valence-electron chi connectivity index (χ1n) is 8.76. The maximum Gasteiger partial charge on any atom is 0.343 e. The molecule has 0 saturated carbocycles. The third-order valence-corrected chi connectivity index (χ3v) is 6.36. The van der Waals surface area contributed by atoms with Crippen LogP contribution < -0.4 is 5.32 Å². The molecular weight excluding hydrogens is 400 g/mol. The summed E-state index contributed by atoms with van der Waals surface area (Å²) in [5.74, 6) is 0. The maximum atomic E-state index is 12.3. The number of hydrogen-bond donors (Lipinski definition) is 2. The summed E-state index contributed by atoms with van der Waals surface area (Å²) in [7, 11) is 0. The van der Waals surface area contributed by atoms with Gasteiger partial charge in [0.2, 0.25) is 0 Å². The van der Waals surface area contributed by atoms with E-state index in [9.17, 15) is 10.0 Å². The van der Waals surface area contributed by atoms with Gasteiger partial charge < -0.3 is 5.32 Å². The van der Waals surface area contributed by atoms with Gasteiger partial charge >= 0.3 is 6.03 Å². The highest BCUT2D eigenvalue weighted by atomic mass is 32.2. The maximum absolute atomic E-state index is 12.3. The molecule has 1 atom stereocenters. The van der Waals surface area contributed by atoms with Gasteiger partial charge in [0, 0.05) is 11.4 Å². The predicted molar refractivity (Wildman–Crippen MR) is 118 cm³/mol. The number of thiocarbonyl (C=S) groups is 1. The third-order valence-electron chi connectivity index (χ3n) is 4.08. The quantitative estimate of drug-likeness (QED) is 0.168. The van der Waals surface area contributed by atoms with Gasteiger partial charge in [-0.3, -0.25) is 5.21 Å². The molecule has 0 spiro atoms. The van der Waals surface area contributed by atoms with E-state index in [1.807, 2.05) is 51.3 Å². The molecule has 1 aliphatic rings. The number of carbonyl (C=O) groups excluding carboxylic acids is 1. The minimum Gasteiger partial charge on any atom is -0.336 e. The lowest BCUT2D eigenvalue weighted by atomic mass is 10.1. The Kier molecular flexibility index (Phi) is 7.96. The molecule has 2 amide bonds. The molecule has 0 bridgehead atoms. The molecule has 9 heteroatoms. The van der Waals surface area contributed by atoms with Crippen LogP contribution in [0.5, 0.6) is 0 Å². The van der Waals surface area contributed by atoms with E-state index >= 15 is 0 Å². The fourth-order valence-corrected chi connectivity index (χ4v) is 4.81. The standard InChI is InChI=1S/C18H26N4O2S3/c1-5-6-11-19-16(23)22(24)15-18(2,3)27-17(25)21(15)20-12-13-7-9-14(26-4)10-8-13/h7-10,12,15,24H,5-6,11H2,1-4H3,(H,19,23)/b20-12-/t15-/m1/s1. The molecule has 6 nitrogen and oxygen atoms in total. The minimum absolute atomic E-state index is 0.506. The average Bonchev–Trinajstić information content (AvgIpc) is 2.87. The van der Waals surface area contributed by atoms with Crippen molar-refractivity contribution in [2.75, 3.05) is 12.8 Å². The first-order chi connectivity index (χ1) is 12.8. The van der Waals surface area contributed by atoms with Crippen molar-refractivity contribution in [3.63, 3.8) is 0 Å². The van der Waals surface area contributed by atoms with Crippen LogP contribution in [0.2, 0.25) is 0 Å². The Morgan fingerprint density at radius 2 is 2.15 bits per heavy atom. The SMILES string of the molecule is CCCCNC(=O)N(O)[C@H]1N(/N=C\c2ccc(SC)cc2)C(=S)SC1(C)C. The fourth-order valence-electron chi connectivity index (χ4n) is 2.61. The fraction of sp³-hybridized carbons (Fsp3) is 0.500. The van der Waals surface area contributed by atoms with E-state index in [2.05, 4.69) is 10.4 Å². The summed E-state index contributed by atoms with van der Waals surface area (Å²) in [5.41, 5.74) is 0.918. The predicted octanol–water partition coefficient (Wildman–Crippen LogP) is 4.38. The zero-order valence-electron chi connectivity index (χ0n) is 16.0. The molecule has 1 heterocycles. The largest absolute Gasteiger partial charge is 0.343 e. The summed E-state index contributed by atoms with van der Waals surface area (Å²) in [5, 5.41) is 20.0. The Morgan fingerprint density at radius 1 is 1.48 bits per heavy atom. The van der Waals surface area contributed by atoms with Crippen LogP contribution in [0.25, 0.3) is 0 Å². The van der Waals surface area contributed by atoms with Crippen molar-refractivity contribution in [3.05, 3.63) is 29.8 Å². The number of hydrogen-bond acceptors (Lipinski definition) is 6. The van der Waals surface area contributed by atoms with Crippen LogP contribution in [0.1, 0.15) is 39.2 Å². The van der Waals surface area contributed by atoms with Crippen molar-refractivity contribution >= 4 is 52.3 Å². The van der Waals surface area contributed by atoms with Gasteiger partial charge in [-0.1, -0.05) is 49.5 Å². The minimum atomic E-state index is -0.696. The van der Waals surface area contributed by atoms with Crippen molar-refractivity contribution in [2.45, 2.75) is 49.4 Å². The zero-order chi connectivity index (χ0) is 20.0. The molecule has 148 valence electrons. The molecule has 27 heavy (non-hydrogen) atoms. The molecule has 0 aliphatic carbocycles. The first kappa shape index (κ1) is 22.0. The molecular formula is C18H26N4O2S3. The lowest BCUT2D eigenvalue weighted by Crippen LogP contribution is -2.55. The topological polar surface area (TPSA) is 68.2 Å². The van der Waals surface area contributed by atoms with Gasteiger partial charge in [0.1, 0.15) is 0 Å². The van der Waals surface area contributed by atoms with E-state index in [0.717, 1.165) is 18.4 Å². The van der Waals surface area contributed by atoms with Gasteiger partial charge in [-0.2, -0.15) is 10.2 Å². The Labute approximate surface area is 174 Å². The third kappa shape index (κ3) is 5.60. The van der Waals surface area contributed by atoms with Crippen LogP contribution in [-0.2, 0) is 0 Å². The summed E-state index contributed by atoms with van der Waals surface area (Å²) in [6.45, 7) is 6.42. The van der Waals surface area contributed by atoms with Crippen molar-refractivity contribution in [1.29, 1.82) is 0 Å². The summed E-state index contributed by atoms with van der Waals surface area (Å²) in [4.78, 5) is 13.5. The summed E-state index contributed by atoms with van der Waals surface area (Å²) < 4.78 is 0.0101. The van der Waals surface area contributed by atoms with E-state index in [-0.39, 0.29) is 0 Å². The van der Waals surface area contributed by atoms with Crippen LogP contribution in [0.3, 0.4) is 0 Å². The number of carbonyl (C=O) groups is 1. The average molecular weight is 427 g/mol. The number of rotatable bonds is 7. The molecule has 1 fully saturated rings. The lowest BCUT2D eigenvalue weighted by molar-refractivity contribution is -0.118. The molecule has 1 saturated heterocycles. The van der Waals surface area contributed by atoms with E-state index < -0.39 is 16.9 Å². The monoisotopic (exact) mass is 426 g/mol. The number of unbranched alkanes of at least 4 members (excludes halogenated alkanes) is 1. The normalized spacial score (nSPS) is 18.9. The summed E-state index contributed by atoms with van der Waals surface area (Å²) in [6.07, 6.45) is 4.84. The molecule has 0 aromatic heterocycles. The van der Waals surface area contributed by atoms with E-state index in [0.29, 0.717) is 15.9 Å². The summed E-state index contributed by atoms with van der Waals surface area (Å²) >= 11 is 8.52. The zero-order valence-corrected chi connectivity index (χ0v) is 18.5. The number of benzene rings is 1. The molecule has 1 aromatic rings. The smallest absolute Gasteiger partial charge is 0.336 e. The van der Waals surface area contributed by atoms with E-state index in [1.54, 1.807) is 18.0 Å². The van der Waals surface area contributed by atoms with Crippen LogP contribution >= 0.6 is 35.7 Å². The molecule has 0 radical (unpaired) electrons. The Hall–Kier alpha value is -1.29. The molecule has 2 N–H and O–H groups in total. The van der Waals surface area contributed by atoms with Gasteiger partial charge in [-0.05, 0) is 44.2 Å². The van der Waals surface area contributed by atoms with E-state index in [4.69, 9.17) is 12.2 Å². The van der Waals surface area contributed by atoms with Crippen molar-refractivity contribution < 1.29 is 10.0 Å². The highest BCUT2D eigenvalue weighted by Gasteiger charge is 2.49. The highest BCUT2D eigenvalue weighted by Crippen LogP contribution is 2.42. The molecule has 0 unspecified atom stereocenters. The van der Waals surface area contributed by atoms with Gasteiger partial charge in [-0.15, -0.1) is 11.8 Å². The van der Waals surface area contributed by atoms with Crippen molar-refractivity contribution in [2.24, 2.45) is 5.10 Å². The van der Waals surface area contributed by atoms with Gasteiger partial charge in [0.05, 0.1) is 11.0 Å². The van der Waals surface area contributed by atoms with Gasteiger partial charge in [0.15, 0.2) is 10.5 Å². The number of nitrogens with one attached hydrogen (secondary N) is 1. The van der Waals surface area contributed by atoms with Gasteiger partial charge in [0.25, 0.3) is 0 Å². The Morgan fingerprint density at radius 3 is 2.74 bits per heavy atom. The number of hydrazone groups is 1. The Balaban J connectivity index is 2.17. The second kappa shape index (κ2) is 9.77. The lowest BCUT2D eigenvalue weighted by Gasteiger charge is -2.34. The van der Waals surface area contributed by atoms with E-state index in [1.165, 1.54) is 21.7 Å². The first-order valence-corrected chi connectivity index (χ1v) is 11.2. The number of nitrogens with zero attached hydrogens (tertiary/aromatic N) is 3. The summed E-state index contributed by atoms with van der Waals surface area (Å²) in [6, 6.07) is 7.43. The van der Waals surface area contributed by atoms with Crippen LogP contribution in [0.4, 0.5) is 4.79 Å². The highest BCUT2D eigenvalue weighted by molar-refractivity contribution is 8.24. The van der Waals surface area contributed by atoms with Crippen molar-refractivity contribution in [3.8, 4) is 0 Å². The number of amides is 2. The van der Waals surface area contributed by atoms with Crippen LogP contribution in [0, 0.1) is 0 Å². The molecule has 1 aromatic carbocycles. The number of thioether (sulfide) groups is 2. The number of hydroxylamine groups is 2. The van der Waals surface area contributed by atoms with Crippen LogP contribution in [0.15, 0.2) is 34.3 Å². The second-order valence-electron chi connectivity index (χ2n) is 6.64. The second-order valence-corrected chi connectivity index (χ2v) is 9.81. The Bertz CT molecular complexity index is 694. The molecule has 1 aliphatic heterocycles. The number of urea groups is 1. The van der Waals surface area contributed by atoms with Gasteiger partial charge in [-0.25, -0.2) is 9.80 Å². The molecule has 2 rings (SSSR count). The van der Waals surface area contributed by atoms with Crippen molar-refractivity contribution in [1.82, 2.24) is 15.4 Å².